The minimum Gasteiger partial charge on any atom is -0.394 e. The van der Waals surface area contributed by atoms with E-state index >= 15 is 0 Å². The predicted molar refractivity (Wildman–Crippen MR) is 59.6 cm³/mol. The van der Waals surface area contributed by atoms with Crippen LogP contribution in [-0.2, 0) is 11.8 Å². The summed E-state index contributed by atoms with van der Waals surface area (Å²) in [5, 5.41) is 7.51. The van der Waals surface area contributed by atoms with E-state index in [1.54, 1.807) is 10.9 Å². The first-order chi connectivity index (χ1) is 7.16. The summed E-state index contributed by atoms with van der Waals surface area (Å²) < 4.78 is 7.21. The van der Waals surface area contributed by atoms with Gasteiger partial charge >= 0.3 is 0 Å². The number of aryl methyl sites for hydroxylation is 1. The van der Waals surface area contributed by atoms with Gasteiger partial charge in [-0.3, -0.25) is 4.68 Å². The quantitative estimate of drug-likeness (QED) is 0.776. The number of nitrogens with zero attached hydrogens (tertiary/aromatic N) is 2. The lowest BCUT2D eigenvalue weighted by Crippen LogP contribution is -2.21. The molecule has 2 unspecified atom stereocenters. The van der Waals surface area contributed by atoms with Gasteiger partial charge in [-0.2, -0.15) is 5.10 Å². The van der Waals surface area contributed by atoms with Crippen LogP contribution in [0.15, 0.2) is 6.20 Å². The molecule has 3 N–H and O–H groups in total. The number of nitrogens with one attached hydrogen (secondary N) is 1. The molecule has 0 amide bonds. The molecule has 5 heteroatoms. The second-order valence-corrected chi connectivity index (χ2v) is 4.11. The van der Waals surface area contributed by atoms with Gasteiger partial charge in [0, 0.05) is 32.3 Å². The Morgan fingerprint density at radius 3 is 3.07 bits per heavy atom. The molecule has 1 aliphatic rings. The lowest BCUT2D eigenvalue weighted by atomic mass is 10.0. The van der Waals surface area contributed by atoms with E-state index in [0.29, 0.717) is 17.7 Å². The van der Waals surface area contributed by atoms with E-state index in [4.69, 9.17) is 10.5 Å². The molecule has 1 fully saturated rings. The van der Waals surface area contributed by atoms with Gasteiger partial charge in [-0.1, -0.05) is 0 Å². The summed E-state index contributed by atoms with van der Waals surface area (Å²) in [4.78, 5) is 0. The minimum atomic E-state index is 0.336. The number of ether oxygens (including phenoxy) is 1. The second-order valence-electron chi connectivity index (χ2n) is 4.11. The zero-order chi connectivity index (χ0) is 10.8. The molecular formula is C10H18N4O. The van der Waals surface area contributed by atoms with E-state index in [1.807, 2.05) is 7.05 Å². The van der Waals surface area contributed by atoms with Crippen LogP contribution in [0.3, 0.4) is 0 Å². The van der Waals surface area contributed by atoms with Crippen molar-refractivity contribution < 1.29 is 4.74 Å². The van der Waals surface area contributed by atoms with Crippen LogP contribution in [0.5, 0.6) is 0 Å². The lowest BCUT2D eigenvalue weighted by Gasteiger charge is -2.14. The highest BCUT2D eigenvalue weighted by Crippen LogP contribution is 2.22. The summed E-state index contributed by atoms with van der Waals surface area (Å²) in [5.74, 6) is 1.34. The van der Waals surface area contributed by atoms with Crippen molar-refractivity contribution in [2.24, 2.45) is 13.0 Å². The van der Waals surface area contributed by atoms with Gasteiger partial charge in [-0.25, -0.2) is 0 Å². The predicted octanol–water partition coefficient (Wildman–Crippen LogP) is 0.839. The molecule has 0 aliphatic carbocycles. The van der Waals surface area contributed by atoms with Gasteiger partial charge in [0.25, 0.3) is 0 Å². The maximum atomic E-state index is 5.78. The molecule has 0 aromatic carbocycles. The molecule has 0 spiro atoms. The Labute approximate surface area is 89.6 Å². The van der Waals surface area contributed by atoms with Crippen molar-refractivity contribution in [2.45, 2.75) is 19.4 Å². The van der Waals surface area contributed by atoms with Gasteiger partial charge in [-0.05, 0) is 13.3 Å². The van der Waals surface area contributed by atoms with Gasteiger partial charge in [0.15, 0.2) is 5.82 Å². The van der Waals surface area contributed by atoms with Crippen LogP contribution in [-0.4, -0.2) is 29.0 Å². The van der Waals surface area contributed by atoms with Gasteiger partial charge < -0.3 is 15.8 Å². The van der Waals surface area contributed by atoms with Crippen molar-refractivity contribution in [3.05, 3.63) is 6.20 Å². The molecule has 1 aromatic rings. The molecular weight excluding hydrogens is 192 g/mol. The van der Waals surface area contributed by atoms with Crippen molar-refractivity contribution in [3.63, 3.8) is 0 Å². The summed E-state index contributed by atoms with van der Waals surface area (Å²) in [5.41, 5.74) is 6.48. The fraction of sp³-hybridized carbons (Fsp3) is 0.700. The molecule has 1 aliphatic heterocycles. The second kappa shape index (κ2) is 4.10. The standard InChI is InChI=1S/C10H18N4O/c1-7-8(3-4-15-7)5-12-10-9(11)6-14(2)13-10/h6-8H,3-5,11H2,1-2H3,(H,12,13). The van der Waals surface area contributed by atoms with Crippen molar-refractivity contribution in [3.8, 4) is 0 Å². The summed E-state index contributed by atoms with van der Waals surface area (Å²) in [7, 11) is 1.86. The van der Waals surface area contributed by atoms with Crippen molar-refractivity contribution in [2.75, 3.05) is 24.2 Å². The number of anilines is 2. The number of hydrogen-bond donors (Lipinski definition) is 2. The van der Waals surface area contributed by atoms with E-state index in [0.717, 1.165) is 25.4 Å². The monoisotopic (exact) mass is 210 g/mol. The Morgan fingerprint density at radius 2 is 2.53 bits per heavy atom. The largest absolute Gasteiger partial charge is 0.394 e. The number of rotatable bonds is 3. The fourth-order valence-corrected chi connectivity index (χ4v) is 1.92. The van der Waals surface area contributed by atoms with E-state index < -0.39 is 0 Å². The summed E-state index contributed by atoms with van der Waals surface area (Å²) >= 11 is 0. The van der Waals surface area contributed by atoms with Crippen molar-refractivity contribution >= 4 is 11.5 Å². The number of nitrogen functional groups attached to an aromatic ring is 1. The molecule has 1 aromatic heterocycles. The van der Waals surface area contributed by atoms with E-state index in [9.17, 15) is 0 Å². The highest BCUT2D eigenvalue weighted by Gasteiger charge is 2.24. The van der Waals surface area contributed by atoms with E-state index in [-0.39, 0.29) is 0 Å². The van der Waals surface area contributed by atoms with E-state index in [2.05, 4.69) is 17.3 Å². The molecule has 5 nitrogen and oxygen atoms in total. The fourth-order valence-electron chi connectivity index (χ4n) is 1.92. The average Bonchev–Trinajstić information content (AvgIpc) is 2.70. The lowest BCUT2D eigenvalue weighted by molar-refractivity contribution is 0.108. The molecule has 0 radical (unpaired) electrons. The Balaban J connectivity index is 1.90. The molecule has 15 heavy (non-hydrogen) atoms. The Morgan fingerprint density at radius 1 is 1.73 bits per heavy atom. The van der Waals surface area contributed by atoms with E-state index in [1.165, 1.54) is 0 Å². The molecule has 1 saturated heterocycles. The number of nitrogens with two attached hydrogens (primary N) is 1. The maximum Gasteiger partial charge on any atom is 0.171 e. The van der Waals surface area contributed by atoms with Crippen LogP contribution in [0.4, 0.5) is 11.5 Å². The molecule has 84 valence electrons. The van der Waals surface area contributed by atoms with Crippen LogP contribution < -0.4 is 11.1 Å². The molecule has 2 atom stereocenters. The zero-order valence-corrected chi connectivity index (χ0v) is 9.23. The third-order valence-corrected chi connectivity index (χ3v) is 2.92. The molecule has 2 heterocycles. The van der Waals surface area contributed by atoms with Crippen LogP contribution in [0.1, 0.15) is 13.3 Å². The molecule has 0 saturated carbocycles. The topological polar surface area (TPSA) is 65.1 Å². The highest BCUT2D eigenvalue weighted by atomic mass is 16.5. The Kier molecular flexibility index (Phi) is 2.81. The van der Waals surface area contributed by atoms with Crippen LogP contribution in [0, 0.1) is 5.92 Å². The molecule has 2 rings (SSSR count). The van der Waals surface area contributed by atoms with Crippen molar-refractivity contribution in [1.29, 1.82) is 0 Å². The first-order valence-corrected chi connectivity index (χ1v) is 5.31. The Bertz CT molecular complexity index is 336. The first-order valence-electron chi connectivity index (χ1n) is 5.31. The van der Waals surface area contributed by atoms with Gasteiger partial charge in [0.2, 0.25) is 0 Å². The highest BCUT2D eigenvalue weighted by molar-refractivity contribution is 5.59. The first kappa shape index (κ1) is 10.3. The summed E-state index contributed by atoms with van der Waals surface area (Å²) in [6.07, 6.45) is 3.25. The van der Waals surface area contributed by atoms with Gasteiger partial charge in [0.1, 0.15) is 0 Å². The maximum absolute atomic E-state index is 5.78. The number of hydrogen-bond acceptors (Lipinski definition) is 4. The van der Waals surface area contributed by atoms with Gasteiger partial charge in [-0.15, -0.1) is 0 Å². The summed E-state index contributed by atoms with van der Waals surface area (Å²) in [6.45, 7) is 3.86. The normalized spacial score (nSPS) is 25.7. The third-order valence-electron chi connectivity index (χ3n) is 2.92. The Hall–Kier alpha value is -1.23. The minimum absolute atomic E-state index is 0.336. The van der Waals surface area contributed by atoms with Crippen LogP contribution in [0.2, 0.25) is 0 Å². The van der Waals surface area contributed by atoms with Crippen molar-refractivity contribution in [1.82, 2.24) is 9.78 Å². The third kappa shape index (κ3) is 2.23. The molecule has 0 bridgehead atoms. The van der Waals surface area contributed by atoms with Crippen LogP contribution >= 0.6 is 0 Å². The summed E-state index contributed by atoms with van der Waals surface area (Å²) in [6, 6.07) is 0. The zero-order valence-electron chi connectivity index (χ0n) is 9.23. The smallest absolute Gasteiger partial charge is 0.171 e. The van der Waals surface area contributed by atoms with Crippen LogP contribution in [0.25, 0.3) is 0 Å². The van der Waals surface area contributed by atoms with Gasteiger partial charge in [0.05, 0.1) is 11.8 Å². The SMILES string of the molecule is CC1OCCC1CNc1nn(C)cc1N. The average molecular weight is 210 g/mol. The number of aromatic nitrogens is 2.